The van der Waals surface area contributed by atoms with Crippen LogP contribution in [0.4, 0.5) is 0 Å². The van der Waals surface area contributed by atoms with Crippen molar-refractivity contribution in [3.05, 3.63) is 12.2 Å². The summed E-state index contributed by atoms with van der Waals surface area (Å²) in [4.78, 5) is 0. The predicted molar refractivity (Wildman–Crippen MR) is 33.8 cm³/mol. The van der Waals surface area contributed by atoms with Crippen molar-refractivity contribution < 1.29 is 14.6 Å². The molecule has 0 aromatic carbocycles. The first-order chi connectivity index (χ1) is 4.06. The number of methoxy groups -OCH3 is 2. The molecule has 0 aliphatic heterocycles. The molecule has 0 saturated heterocycles. The van der Waals surface area contributed by atoms with Gasteiger partial charge in [0.05, 0.1) is 0 Å². The molecule has 54 valence electrons. The van der Waals surface area contributed by atoms with Crippen LogP contribution in [0.1, 0.15) is 6.92 Å². The lowest BCUT2D eigenvalue weighted by Crippen LogP contribution is -2.33. The van der Waals surface area contributed by atoms with Crippen molar-refractivity contribution in [1.29, 1.82) is 0 Å². The number of hydrogen-bond donors (Lipinski definition) is 1. The third-order valence-corrected chi connectivity index (χ3v) is 1.09. The van der Waals surface area contributed by atoms with E-state index in [9.17, 15) is 0 Å². The fourth-order valence-corrected chi connectivity index (χ4v) is 0.432. The third-order valence-electron chi connectivity index (χ3n) is 1.09. The van der Waals surface area contributed by atoms with E-state index in [1.54, 1.807) is 6.92 Å². The van der Waals surface area contributed by atoms with Gasteiger partial charge in [-0.3, -0.25) is 0 Å². The Balaban J connectivity index is 4.09. The first kappa shape index (κ1) is 8.62. The van der Waals surface area contributed by atoms with Gasteiger partial charge in [0.25, 0.3) is 0 Å². The van der Waals surface area contributed by atoms with Crippen LogP contribution in [-0.2, 0) is 9.47 Å². The maximum absolute atomic E-state index is 9.16. The molecule has 9 heavy (non-hydrogen) atoms. The summed E-state index contributed by atoms with van der Waals surface area (Å²) >= 11 is 0. The van der Waals surface area contributed by atoms with Crippen LogP contribution in [0.2, 0.25) is 0 Å². The van der Waals surface area contributed by atoms with Crippen LogP contribution in [0.25, 0.3) is 0 Å². The zero-order valence-corrected chi connectivity index (χ0v) is 5.97. The summed E-state index contributed by atoms with van der Waals surface area (Å²) in [5.74, 6) is -1.61. The SMILES string of the molecule is C=C(C)C(O)(OC)OC. The van der Waals surface area contributed by atoms with Crippen LogP contribution in [-0.4, -0.2) is 25.3 Å². The van der Waals surface area contributed by atoms with Crippen molar-refractivity contribution in [3.8, 4) is 0 Å². The molecule has 0 spiro atoms. The third kappa shape index (κ3) is 1.78. The van der Waals surface area contributed by atoms with Crippen molar-refractivity contribution in [2.75, 3.05) is 14.2 Å². The van der Waals surface area contributed by atoms with Gasteiger partial charge in [0, 0.05) is 19.8 Å². The van der Waals surface area contributed by atoms with Crippen LogP contribution in [0.5, 0.6) is 0 Å². The molecule has 1 N–H and O–H groups in total. The molecule has 0 unspecified atom stereocenters. The predicted octanol–water partition coefficient (Wildman–Crippen LogP) is 0.501. The topological polar surface area (TPSA) is 38.7 Å². The molecule has 0 heterocycles. The Hall–Kier alpha value is -0.380. The highest BCUT2D eigenvalue weighted by atomic mass is 16.8. The highest BCUT2D eigenvalue weighted by Crippen LogP contribution is 2.14. The molecule has 0 aliphatic rings. The summed E-state index contributed by atoms with van der Waals surface area (Å²) in [6, 6.07) is 0. The Morgan fingerprint density at radius 3 is 1.78 bits per heavy atom. The first-order valence-corrected chi connectivity index (χ1v) is 2.55. The second kappa shape index (κ2) is 2.96. The molecule has 0 rings (SSSR count). The Morgan fingerprint density at radius 1 is 1.44 bits per heavy atom. The molecule has 0 atom stereocenters. The Labute approximate surface area is 54.9 Å². The van der Waals surface area contributed by atoms with E-state index in [0.29, 0.717) is 5.57 Å². The van der Waals surface area contributed by atoms with Crippen molar-refractivity contribution in [2.24, 2.45) is 0 Å². The van der Waals surface area contributed by atoms with Crippen molar-refractivity contribution in [1.82, 2.24) is 0 Å². The van der Waals surface area contributed by atoms with Gasteiger partial charge in [0.1, 0.15) is 0 Å². The van der Waals surface area contributed by atoms with E-state index in [1.807, 2.05) is 0 Å². The summed E-state index contributed by atoms with van der Waals surface area (Å²) < 4.78 is 9.16. The van der Waals surface area contributed by atoms with E-state index >= 15 is 0 Å². The fraction of sp³-hybridized carbons (Fsp3) is 0.667. The van der Waals surface area contributed by atoms with Gasteiger partial charge >= 0.3 is 5.97 Å². The standard InChI is InChI=1S/C6H12O3/c1-5(2)6(7,8-3)9-4/h7H,1H2,2-4H3. The molecule has 0 aromatic rings. The number of aliphatic hydroxyl groups is 1. The minimum atomic E-state index is -1.61. The minimum Gasteiger partial charge on any atom is -0.340 e. The zero-order chi connectivity index (χ0) is 7.49. The summed E-state index contributed by atoms with van der Waals surface area (Å²) in [6.07, 6.45) is 0. The van der Waals surface area contributed by atoms with E-state index in [2.05, 4.69) is 16.1 Å². The maximum Gasteiger partial charge on any atom is 0.304 e. The fourth-order valence-electron chi connectivity index (χ4n) is 0.432. The molecule has 3 heteroatoms. The van der Waals surface area contributed by atoms with Crippen LogP contribution >= 0.6 is 0 Å². The Bertz CT molecular complexity index is 105. The average Bonchev–Trinajstić information content (AvgIpc) is 1.86. The van der Waals surface area contributed by atoms with Crippen molar-refractivity contribution in [2.45, 2.75) is 12.9 Å². The lowest BCUT2D eigenvalue weighted by molar-refractivity contribution is -0.312. The summed E-state index contributed by atoms with van der Waals surface area (Å²) in [7, 11) is 2.69. The number of ether oxygens (including phenoxy) is 2. The average molecular weight is 132 g/mol. The molecule has 0 aliphatic carbocycles. The first-order valence-electron chi connectivity index (χ1n) is 2.55. The van der Waals surface area contributed by atoms with E-state index in [4.69, 9.17) is 5.11 Å². The highest BCUT2D eigenvalue weighted by molar-refractivity contribution is 4.97. The summed E-state index contributed by atoms with van der Waals surface area (Å²) in [5, 5.41) is 9.16. The van der Waals surface area contributed by atoms with E-state index in [0.717, 1.165) is 0 Å². The van der Waals surface area contributed by atoms with Gasteiger partial charge in [0.2, 0.25) is 0 Å². The lowest BCUT2D eigenvalue weighted by Gasteiger charge is -2.23. The zero-order valence-electron chi connectivity index (χ0n) is 5.97. The molecular weight excluding hydrogens is 120 g/mol. The van der Waals surface area contributed by atoms with Crippen LogP contribution in [0, 0.1) is 0 Å². The largest absolute Gasteiger partial charge is 0.340 e. The molecule has 0 radical (unpaired) electrons. The van der Waals surface area contributed by atoms with Crippen molar-refractivity contribution in [3.63, 3.8) is 0 Å². The van der Waals surface area contributed by atoms with Gasteiger partial charge in [-0.1, -0.05) is 6.58 Å². The molecule has 0 amide bonds. The molecule has 0 aromatic heterocycles. The van der Waals surface area contributed by atoms with E-state index < -0.39 is 5.97 Å². The van der Waals surface area contributed by atoms with Crippen LogP contribution in [0.3, 0.4) is 0 Å². The van der Waals surface area contributed by atoms with Crippen LogP contribution in [0.15, 0.2) is 12.2 Å². The normalized spacial score (nSPS) is 11.6. The monoisotopic (exact) mass is 132 g/mol. The van der Waals surface area contributed by atoms with Gasteiger partial charge in [-0.05, 0) is 6.92 Å². The number of hydrogen-bond acceptors (Lipinski definition) is 3. The van der Waals surface area contributed by atoms with Gasteiger partial charge in [-0.25, -0.2) is 0 Å². The van der Waals surface area contributed by atoms with Crippen LogP contribution < -0.4 is 0 Å². The van der Waals surface area contributed by atoms with E-state index in [1.165, 1.54) is 14.2 Å². The second-order valence-corrected chi connectivity index (χ2v) is 1.77. The molecular formula is C6H12O3. The van der Waals surface area contributed by atoms with Gasteiger partial charge in [0.15, 0.2) is 0 Å². The van der Waals surface area contributed by atoms with Gasteiger partial charge in [-0.15, -0.1) is 0 Å². The van der Waals surface area contributed by atoms with Gasteiger partial charge < -0.3 is 14.6 Å². The highest BCUT2D eigenvalue weighted by Gasteiger charge is 2.26. The minimum absolute atomic E-state index is 0.424. The summed E-state index contributed by atoms with van der Waals surface area (Å²) in [5.41, 5.74) is 0.424. The smallest absolute Gasteiger partial charge is 0.304 e. The van der Waals surface area contributed by atoms with E-state index in [-0.39, 0.29) is 0 Å². The Kier molecular flexibility index (Phi) is 2.84. The molecule has 0 bridgehead atoms. The van der Waals surface area contributed by atoms with Gasteiger partial charge in [-0.2, -0.15) is 0 Å². The molecule has 0 saturated carbocycles. The quantitative estimate of drug-likeness (QED) is 0.449. The molecule has 0 fully saturated rings. The second-order valence-electron chi connectivity index (χ2n) is 1.77. The Morgan fingerprint density at radius 2 is 1.78 bits per heavy atom. The molecule has 3 nitrogen and oxygen atoms in total. The maximum atomic E-state index is 9.16. The summed E-state index contributed by atoms with van der Waals surface area (Å²) in [6.45, 7) is 5.09. The van der Waals surface area contributed by atoms with Crippen molar-refractivity contribution >= 4 is 0 Å². The number of rotatable bonds is 3. The lowest BCUT2D eigenvalue weighted by atomic mass is 10.3.